The lowest BCUT2D eigenvalue weighted by atomic mass is 10.0. The molecule has 16 heavy (non-hydrogen) atoms. The number of nitrogens with one attached hydrogen (secondary N) is 1. The summed E-state index contributed by atoms with van der Waals surface area (Å²) in [5.41, 5.74) is 0.00912. The largest absolute Gasteiger partial charge is 0.379 e. The Kier molecular flexibility index (Phi) is 5.62. The van der Waals surface area contributed by atoms with Gasteiger partial charge in [0.15, 0.2) is 0 Å². The minimum Gasteiger partial charge on any atom is -0.379 e. The minimum absolute atomic E-state index is 0.00912. The molecular weight excluding hydrogens is 218 g/mol. The first-order chi connectivity index (χ1) is 7.54. The van der Waals surface area contributed by atoms with E-state index in [1.54, 1.807) is 7.11 Å². The summed E-state index contributed by atoms with van der Waals surface area (Å²) in [6.07, 6.45) is 8.92. The van der Waals surface area contributed by atoms with Crippen LogP contribution in [0.25, 0.3) is 0 Å². The van der Waals surface area contributed by atoms with Gasteiger partial charge in [-0.05, 0) is 45.9 Å². The molecule has 1 rings (SSSR count). The Morgan fingerprint density at radius 3 is 2.44 bits per heavy atom. The first-order valence-electron chi connectivity index (χ1n) is 6.35. The molecule has 0 aromatic rings. The van der Waals surface area contributed by atoms with Crippen molar-refractivity contribution in [2.24, 2.45) is 0 Å². The van der Waals surface area contributed by atoms with Gasteiger partial charge >= 0.3 is 0 Å². The van der Waals surface area contributed by atoms with Crippen LogP contribution in [-0.4, -0.2) is 36.8 Å². The summed E-state index contributed by atoms with van der Waals surface area (Å²) < 4.78 is 5.94. The molecule has 1 aliphatic rings. The topological polar surface area (TPSA) is 21.3 Å². The van der Waals surface area contributed by atoms with Crippen LogP contribution in [0.5, 0.6) is 0 Å². The number of thioether (sulfide) groups is 1. The van der Waals surface area contributed by atoms with Crippen LogP contribution in [0.3, 0.4) is 0 Å². The van der Waals surface area contributed by atoms with Gasteiger partial charge in [-0.3, -0.25) is 0 Å². The number of hydrogen-bond donors (Lipinski definition) is 1. The summed E-state index contributed by atoms with van der Waals surface area (Å²) in [5, 5.41) is 3.61. The fourth-order valence-electron chi connectivity index (χ4n) is 2.28. The van der Waals surface area contributed by atoms with Gasteiger partial charge in [-0.15, -0.1) is 0 Å². The van der Waals surface area contributed by atoms with Crippen LogP contribution in [0, 0.1) is 0 Å². The molecule has 0 radical (unpaired) electrons. The van der Waals surface area contributed by atoms with E-state index in [-0.39, 0.29) is 5.60 Å². The van der Waals surface area contributed by atoms with Gasteiger partial charge in [0.05, 0.1) is 5.60 Å². The monoisotopic (exact) mass is 245 g/mol. The number of methoxy groups -OCH3 is 1. The highest BCUT2D eigenvalue weighted by Crippen LogP contribution is 2.39. The average molecular weight is 245 g/mol. The second-order valence-electron chi connectivity index (χ2n) is 5.48. The zero-order chi connectivity index (χ0) is 12.1. The highest BCUT2D eigenvalue weighted by molar-refractivity contribution is 8.00. The molecule has 2 nitrogen and oxygen atoms in total. The zero-order valence-electron chi connectivity index (χ0n) is 11.3. The van der Waals surface area contributed by atoms with Gasteiger partial charge in [0.2, 0.25) is 0 Å². The Morgan fingerprint density at radius 1 is 1.31 bits per heavy atom. The van der Waals surface area contributed by atoms with Crippen LogP contribution >= 0.6 is 11.8 Å². The second kappa shape index (κ2) is 6.27. The molecule has 0 saturated heterocycles. The quantitative estimate of drug-likeness (QED) is 0.697. The van der Waals surface area contributed by atoms with Crippen LogP contribution in [0.2, 0.25) is 0 Å². The molecule has 0 bridgehead atoms. The van der Waals surface area contributed by atoms with Crippen LogP contribution in [0.15, 0.2) is 0 Å². The van der Waals surface area contributed by atoms with E-state index in [4.69, 9.17) is 4.74 Å². The summed E-state index contributed by atoms with van der Waals surface area (Å²) in [4.78, 5) is 0. The van der Waals surface area contributed by atoms with E-state index in [1.165, 1.54) is 25.7 Å². The highest BCUT2D eigenvalue weighted by Gasteiger charge is 2.32. The van der Waals surface area contributed by atoms with Gasteiger partial charge in [-0.25, -0.2) is 0 Å². The summed E-state index contributed by atoms with van der Waals surface area (Å²) in [5.74, 6) is 0. The fraction of sp³-hybridized carbons (Fsp3) is 1.00. The van der Waals surface area contributed by atoms with Crippen molar-refractivity contribution in [2.45, 2.75) is 56.3 Å². The first kappa shape index (κ1) is 14.3. The van der Waals surface area contributed by atoms with E-state index in [1.807, 2.05) is 11.8 Å². The van der Waals surface area contributed by atoms with Gasteiger partial charge in [-0.2, -0.15) is 11.8 Å². The standard InChI is InChI=1S/C13H27NOS/c1-12(2,15-3)9-10-14-11-13(16-4)7-5-6-8-13/h14H,5-11H2,1-4H3. The Hall–Kier alpha value is 0.270. The number of hydrogen-bond acceptors (Lipinski definition) is 3. The molecule has 1 saturated carbocycles. The maximum absolute atomic E-state index is 5.42. The van der Waals surface area contributed by atoms with Gasteiger partial charge in [0.25, 0.3) is 0 Å². The van der Waals surface area contributed by atoms with Crippen molar-refractivity contribution in [3.8, 4) is 0 Å². The van der Waals surface area contributed by atoms with E-state index in [9.17, 15) is 0 Å². The lowest BCUT2D eigenvalue weighted by Gasteiger charge is -2.28. The predicted octanol–water partition coefficient (Wildman–Crippen LogP) is 3.07. The molecule has 0 spiro atoms. The normalized spacial score (nSPS) is 20.2. The first-order valence-corrected chi connectivity index (χ1v) is 7.57. The maximum Gasteiger partial charge on any atom is 0.0634 e. The molecule has 1 fully saturated rings. The predicted molar refractivity (Wildman–Crippen MR) is 73.3 cm³/mol. The second-order valence-corrected chi connectivity index (χ2v) is 6.76. The average Bonchev–Trinajstić information content (AvgIpc) is 2.74. The number of rotatable bonds is 7. The molecule has 0 aliphatic heterocycles. The van der Waals surface area contributed by atoms with E-state index in [0.717, 1.165) is 19.5 Å². The van der Waals surface area contributed by atoms with Crippen LogP contribution in [0.4, 0.5) is 0 Å². The molecule has 1 aliphatic carbocycles. The molecule has 96 valence electrons. The van der Waals surface area contributed by atoms with E-state index >= 15 is 0 Å². The summed E-state index contributed by atoms with van der Waals surface area (Å²) >= 11 is 2.05. The summed E-state index contributed by atoms with van der Waals surface area (Å²) in [6.45, 7) is 6.51. The third-order valence-electron chi connectivity index (χ3n) is 3.85. The molecule has 0 unspecified atom stereocenters. The van der Waals surface area contributed by atoms with Crippen molar-refractivity contribution < 1.29 is 4.74 Å². The molecule has 0 aromatic carbocycles. The lowest BCUT2D eigenvalue weighted by Crippen LogP contribution is -2.37. The third-order valence-corrected chi connectivity index (χ3v) is 5.27. The highest BCUT2D eigenvalue weighted by atomic mass is 32.2. The Labute approximate surface area is 105 Å². The van der Waals surface area contributed by atoms with Gasteiger partial charge in [0, 0.05) is 18.4 Å². The zero-order valence-corrected chi connectivity index (χ0v) is 12.1. The summed E-state index contributed by atoms with van der Waals surface area (Å²) in [6, 6.07) is 0. The van der Waals surface area contributed by atoms with Gasteiger partial charge in [-0.1, -0.05) is 12.8 Å². The van der Waals surface area contributed by atoms with Gasteiger partial charge in [0.1, 0.15) is 0 Å². The maximum atomic E-state index is 5.42. The Bertz CT molecular complexity index is 200. The number of ether oxygens (including phenoxy) is 1. The van der Waals surface area contributed by atoms with Crippen molar-refractivity contribution in [3.63, 3.8) is 0 Å². The molecule has 0 amide bonds. The van der Waals surface area contributed by atoms with E-state index in [2.05, 4.69) is 25.4 Å². The molecule has 3 heteroatoms. The Balaban J connectivity index is 2.19. The van der Waals surface area contributed by atoms with E-state index < -0.39 is 0 Å². The van der Waals surface area contributed by atoms with Crippen molar-refractivity contribution in [3.05, 3.63) is 0 Å². The Morgan fingerprint density at radius 2 is 1.94 bits per heavy atom. The van der Waals surface area contributed by atoms with Crippen molar-refractivity contribution in [1.82, 2.24) is 5.32 Å². The lowest BCUT2D eigenvalue weighted by molar-refractivity contribution is 0.0158. The smallest absolute Gasteiger partial charge is 0.0634 e. The summed E-state index contributed by atoms with van der Waals surface area (Å²) in [7, 11) is 1.79. The minimum atomic E-state index is 0.00912. The molecule has 0 aromatic heterocycles. The van der Waals surface area contributed by atoms with Crippen LogP contribution in [0.1, 0.15) is 46.0 Å². The van der Waals surface area contributed by atoms with Crippen molar-refractivity contribution >= 4 is 11.8 Å². The molecule has 0 heterocycles. The van der Waals surface area contributed by atoms with E-state index in [0.29, 0.717) is 4.75 Å². The van der Waals surface area contributed by atoms with Gasteiger partial charge < -0.3 is 10.1 Å². The molecule has 1 N–H and O–H groups in total. The molecular formula is C13H27NOS. The van der Waals surface area contributed by atoms with Crippen molar-refractivity contribution in [1.29, 1.82) is 0 Å². The SMILES string of the molecule is COC(C)(C)CCNCC1(SC)CCCC1. The van der Waals surface area contributed by atoms with Crippen molar-refractivity contribution in [2.75, 3.05) is 26.5 Å². The molecule has 0 atom stereocenters. The van der Waals surface area contributed by atoms with Crippen LogP contribution < -0.4 is 5.32 Å². The fourth-order valence-corrected chi connectivity index (χ4v) is 3.22. The third kappa shape index (κ3) is 4.27. The van der Waals surface area contributed by atoms with Crippen LogP contribution in [-0.2, 0) is 4.74 Å².